The van der Waals surface area contributed by atoms with Gasteiger partial charge in [0.15, 0.2) is 0 Å². The van der Waals surface area contributed by atoms with E-state index in [9.17, 15) is 0 Å². The standard InChI is InChI=1S/C11H26OS2.Mo/c1-6-12-11(13)14(7-2,8-3,9-4)10-5;/h13H,6-10H2,1-5H3;. The SMILES string of the molecule is CCOC(S)=S(CC)(CC)(CC)CC.[Mo]. The van der Waals surface area contributed by atoms with Crippen LogP contribution in [0.1, 0.15) is 34.6 Å². The van der Waals surface area contributed by atoms with Crippen LogP contribution < -0.4 is 0 Å². The zero-order chi connectivity index (χ0) is 11.3. The normalized spacial score (nSPS) is 13.9. The molecule has 0 aliphatic rings. The van der Waals surface area contributed by atoms with Crippen LogP contribution in [0.2, 0.25) is 0 Å². The topological polar surface area (TPSA) is 9.23 Å². The fourth-order valence-electron chi connectivity index (χ4n) is 2.01. The molecular weight excluding hydrogens is 308 g/mol. The molecule has 0 spiro atoms. The van der Waals surface area contributed by atoms with Crippen LogP contribution in [0.3, 0.4) is 0 Å². The van der Waals surface area contributed by atoms with Crippen molar-refractivity contribution >= 4 is 25.8 Å². The summed E-state index contributed by atoms with van der Waals surface area (Å²) in [4.78, 5) is 0. The molecule has 0 aliphatic carbocycles. The summed E-state index contributed by atoms with van der Waals surface area (Å²) in [7, 11) is -1.51. The molecule has 0 saturated carbocycles. The zero-order valence-electron chi connectivity index (χ0n) is 10.7. The van der Waals surface area contributed by atoms with Crippen molar-refractivity contribution in [2.45, 2.75) is 34.6 Å². The van der Waals surface area contributed by atoms with Crippen molar-refractivity contribution in [3.63, 3.8) is 0 Å². The molecule has 15 heavy (non-hydrogen) atoms. The number of ether oxygens (including phenoxy) is 1. The number of hydrogen-bond acceptors (Lipinski definition) is 1. The molecule has 0 amide bonds. The molecule has 0 radical (unpaired) electrons. The third-order valence-corrected chi connectivity index (χ3v) is 12.6. The number of thiol groups is 1. The second-order valence-corrected chi connectivity index (χ2v) is 10.6. The average molecular weight is 334 g/mol. The number of hydrogen-bond donors (Lipinski definition) is 1. The van der Waals surface area contributed by atoms with Gasteiger partial charge in [-0.15, -0.1) is 12.6 Å². The first-order valence-electron chi connectivity index (χ1n) is 5.61. The third-order valence-electron chi connectivity index (χ3n) is 3.79. The van der Waals surface area contributed by atoms with Crippen molar-refractivity contribution in [2.24, 2.45) is 0 Å². The molecule has 0 heterocycles. The smallest absolute Gasteiger partial charge is 0.116 e. The van der Waals surface area contributed by atoms with Gasteiger partial charge in [-0.3, -0.25) is 0 Å². The Hall–Kier alpha value is 1.22. The van der Waals surface area contributed by atoms with E-state index in [2.05, 4.69) is 40.3 Å². The van der Waals surface area contributed by atoms with E-state index in [0.717, 1.165) is 11.0 Å². The van der Waals surface area contributed by atoms with E-state index in [-0.39, 0.29) is 21.1 Å². The maximum absolute atomic E-state index is 5.70. The van der Waals surface area contributed by atoms with Gasteiger partial charge in [0, 0.05) is 21.1 Å². The van der Waals surface area contributed by atoms with Crippen LogP contribution in [0.5, 0.6) is 0 Å². The summed E-state index contributed by atoms with van der Waals surface area (Å²) >= 11 is 4.64. The van der Waals surface area contributed by atoms with Gasteiger partial charge in [-0.2, -0.15) is 0 Å². The molecular formula is C11H26MoOS2. The third kappa shape index (κ3) is 3.34. The molecule has 4 heteroatoms. The van der Waals surface area contributed by atoms with Gasteiger partial charge in [0.05, 0.1) is 6.61 Å². The monoisotopic (exact) mass is 336 g/mol. The van der Waals surface area contributed by atoms with Crippen molar-refractivity contribution in [1.82, 2.24) is 0 Å². The quantitative estimate of drug-likeness (QED) is 0.460. The summed E-state index contributed by atoms with van der Waals surface area (Å²) in [6.45, 7) is 11.9. The molecule has 0 aliphatic heterocycles. The van der Waals surface area contributed by atoms with Crippen LogP contribution >= 0.6 is 21.4 Å². The Morgan fingerprint density at radius 2 is 1.27 bits per heavy atom. The molecule has 0 N–H and O–H groups in total. The summed E-state index contributed by atoms with van der Waals surface area (Å²) in [6.07, 6.45) is 0. The van der Waals surface area contributed by atoms with Crippen molar-refractivity contribution in [3.05, 3.63) is 0 Å². The van der Waals surface area contributed by atoms with Crippen molar-refractivity contribution < 1.29 is 25.8 Å². The van der Waals surface area contributed by atoms with Crippen LogP contribution in [-0.2, 0) is 25.8 Å². The minimum absolute atomic E-state index is 0. The zero-order valence-corrected chi connectivity index (χ0v) is 14.4. The second kappa shape index (κ2) is 7.53. The molecule has 0 aromatic heterocycles. The van der Waals surface area contributed by atoms with Gasteiger partial charge in [0.25, 0.3) is 0 Å². The first kappa shape index (κ1) is 18.6. The molecule has 0 saturated heterocycles. The van der Waals surface area contributed by atoms with Gasteiger partial charge in [-0.25, -0.2) is 8.75 Å². The molecule has 0 fully saturated rings. The van der Waals surface area contributed by atoms with Crippen molar-refractivity contribution in [2.75, 3.05) is 29.6 Å². The van der Waals surface area contributed by atoms with Crippen LogP contribution in [0, 0.1) is 0 Å². The molecule has 0 unspecified atom stereocenters. The van der Waals surface area contributed by atoms with Gasteiger partial charge >= 0.3 is 0 Å². The molecule has 1 nitrogen and oxygen atoms in total. The number of rotatable bonds is 5. The van der Waals surface area contributed by atoms with Crippen LogP contribution in [0.25, 0.3) is 0 Å². The fourth-order valence-corrected chi connectivity index (χ4v) is 7.58. The van der Waals surface area contributed by atoms with Gasteiger partial charge in [0.2, 0.25) is 0 Å². The molecule has 0 aromatic rings. The van der Waals surface area contributed by atoms with Gasteiger partial charge in [-0.05, 0) is 29.9 Å². The second-order valence-electron chi connectivity index (χ2n) is 3.66. The van der Waals surface area contributed by atoms with E-state index in [1.54, 1.807) is 0 Å². The molecule has 0 bridgehead atoms. The predicted molar refractivity (Wildman–Crippen MR) is 75.4 cm³/mol. The maximum Gasteiger partial charge on any atom is 0.116 e. The van der Waals surface area contributed by atoms with E-state index in [0.29, 0.717) is 0 Å². The van der Waals surface area contributed by atoms with E-state index >= 15 is 0 Å². The first-order chi connectivity index (χ1) is 6.54. The Morgan fingerprint density at radius 3 is 1.47 bits per heavy atom. The van der Waals surface area contributed by atoms with Gasteiger partial charge in [-0.1, -0.05) is 27.7 Å². The Morgan fingerprint density at radius 1 is 0.933 bits per heavy atom. The van der Waals surface area contributed by atoms with Crippen molar-refractivity contribution in [1.29, 1.82) is 0 Å². The Labute approximate surface area is 115 Å². The van der Waals surface area contributed by atoms with E-state index in [1.807, 2.05) is 6.92 Å². The Kier molecular flexibility index (Phi) is 9.32. The molecule has 0 rings (SSSR count). The molecule has 94 valence electrons. The van der Waals surface area contributed by atoms with Crippen LogP contribution in [0.15, 0.2) is 0 Å². The van der Waals surface area contributed by atoms with Gasteiger partial charge in [0.1, 0.15) is 4.38 Å². The fraction of sp³-hybridized carbons (Fsp3) is 0.909. The Balaban J connectivity index is 0. The summed E-state index contributed by atoms with van der Waals surface area (Å²) in [5.41, 5.74) is 0. The maximum atomic E-state index is 5.70. The predicted octanol–water partition coefficient (Wildman–Crippen LogP) is 3.46. The van der Waals surface area contributed by atoms with Crippen molar-refractivity contribution in [3.8, 4) is 0 Å². The summed E-state index contributed by atoms with van der Waals surface area (Å²) < 4.78 is 6.74. The minimum atomic E-state index is -1.51. The summed E-state index contributed by atoms with van der Waals surface area (Å²) in [6, 6.07) is 0. The van der Waals surface area contributed by atoms with E-state index in [1.165, 1.54) is 23.0 Å². The largest absolute Gasteiger partial charge is 0.336 e. The Bertz CT molecular complexity index is 211. The molecule has 0 atom stereocenters. The van der Waals surface area contributed by atoms with Crippen LogP contribution in [0.4, 0.5) is 0 Å². The van der Waals surface area contributed by atoms with E-state index in [4.69, 9.17) is 4.74 Å². The van der Waals surface area contributed by atoms with E-state index < -0.39 is 8.75 Å². The minimum Gasteiger partial charge on any atom is -0.336 e. The average Bonchev–Trinajstić information content (AvgIpc) is 2.24. The summed E-state index contributed by atoms with van der Waals surface area (Å²) in [5.74, 6) is 4.83. The molecule has 0 aromatic carbocycles. The van der Waals surface area contributed by atoms with Crippen LogP contribution in [-0.4, -0.2) is 34.0 Å². The van der Waals surface area contributed by atoms with Gasteiger partial charge < -0.3 is 4.74 Å². The summed E-state index contributed by atoms with van der Waals surface area (Å²) in [5, 5.41) is 0. The first-order valence-corrected chi connectivity index (χ1v) is 8.78.